The SMILES string of the molecule is CCOc1cc(CNc2ccc(O)cc2)c(Br)cc1OCc1ccccc1C. The highest BCUT2D eigenvalue weighted by Gasteiger charge is 2.12. The molecule has 5 heteroatoms. The highest BCUT2D eigenvalue weighted by atomic mass is 79.9. The summed E-state index contributed by atoms with van der Waals surface area (Å²) in [5.74, 6) is 1.69. The van der Waals surface area contributed by atoms with Crippen LogP contribution in [0.3, 0.4) is 0 Å². The van der Waals surface area contributed by atoms with Gasteiger partial charge in [0.2, 0.25) is 0 Å². The van der Waals surface area contributed by atoms with Gasteiger partial charge >= 0.3 is 0 Å². The molecule has 0 saturated carbocycles. The molecule has 0 fully saturated rings. The second kappa shape index (κ2) is 9.51. The molecular weight excluding hydrogens is 418 g/mol. The molecule has 146 valence electrons. The van der Waals surface area contributed by atoms with Crippen LogP contribution in [0, 0.1) is 6.92 Å². The zero-order chi connectivity index (χ0) is 19.9. The molecule has 3 rings (SSSR count). The predicted molar refractivity (Wildman–Crippen MR) is 116 cm³/mol. The highest BCUT2D eigenvalue weighted by Crippen LogP contribution is 2.35. The number of benzene rings is 3. The Labute approximate surface area is 174 Å². The molecule has 0 radical (unpaired) electrons. The number of phenolic OH excluding ortho intramolecular Hbond substituents is 1. The summed E-state index contributed by atoms with van der Waals surface area (Å²) in [5, 5.41) is 12.7. The van der Waals surface area contributed by atoms with E-state index in [1.807, 2.05) is 43.3 Å². The molecule has 2 N–H and O–H groups in total. The van der Waals surface area contributed by atoms with Crippen LogP contribution in [0.4, 0.5) is 5.69 Å². The second-order valence-electron chi connectivity index (χ2n) is 6.44. The largest absolute Gasteiger partial charge is 0.508 e. The smallest absolute Gasteiger partial charge is 0.162 e. The van der Waals surface area contributed by atoms with Gasteiger partial charge in [0, 0.05) is 16.7 Å². The van der Waals surface area contributed by atoms with Crippen molar-refractivity contribution >= 4 is 21.6 Å². The maximum Gasteiger partial charge on any atom is 0.162 e. The van der Waals surface area contributed by atoms with Crippen molar-refractivity contribution in [3.8, 4) is 17.2 Å². The third-order valence-corrected chi connectivity index (χ3v) is 5.15. The molecule has 0 aliphatic rings. The van der Waals surface area contributed by atoms with E-state index >= 15 is 0 Å². The van der Waals surface area contributed by atoms with E-state index in [0.29, 0.717) is 25.5 Å². The first-order chi connectivity index (χ1) is 13.6. The summed E-state index contributed by atoms with van der Waals surface area (Å²) >= 11 is 3.64. The van der Waals surface area contributed by atoms with E-state index in [2.05, 4.69) is 40.3 Å². The molecule has 0 aromatic heterocycles. The van der Waals surface area contributed by atoms with E-state index in [9.17, 15) is 5.11 Å². The van der Waals surface area contributed by atoms with Crippen LogP contribution in [-0.2, 0) is 13.2 Å². The lowest BCUT2D eigenvalue weighted by molar-refractivity contribution is 0.268. The standard InChI is InChI=1S/C23H24BrNO3/c1-3-27-22-12-18(14-25-19-8-10-20(26)11-9-19)21(24)13-23(22)28-15-17-7-5-4-6-16(17)2/h4-13,25-26H,3,14-15H2,1-2H3. The Bertz CT molecular complexity index is 926. The van der Waals surface area contributed by atoms with Gasteiger partial charge in [-0.05, 0) is 66.9 Å². The van der Waals surface area contributed by atoms with Crippen LogP contribution >= 0.6 is 15.9 Å². The lowest BCUT2D eigenvalue weighted by Gasteiger charge is -2.16. The minimum Gasteiger partial charge on any atom is -0.508 e. The zero-order valence-electron chi connectivity index (χ0n) is 16.0. The van der Waals surface area contributed by atoms with Crippen molar-refractivity contribution in [2.45, 2.75) is 27.0 Å². The summed E-state index contributed by atoms with van der Waals surface area (Å²) in [6, 6.07) is 19.1. The lowest BCUT2D eigenvalue weighted by atomic mass is 10.1. The number of halogens is 1. The van der Waals surface area contributed by atoms with E-state index in [0.717, 1.165) is 27.0 Å². The molecule has 0 aliphatic carbocycles. The third-order valence-electron chi connectivity index (χ3n) is 4.41. The molecule has 0 heterocycles. The Morgan fingerprint density at radius 1 is 0.929 bits per heavy atom. The van der Waals surface area contributed by atoms with Gasteiger partial charge in [0.15, 0.2) is 11.5 Å². The minimum atomic E-state index is 0.250. The zero-order valence-corrected chi connectivity index (χ0v) is 17.6. The number of hydrogen-bond acceptors (Lipinski definition) is 4. The van der Waals surface area contributed by atoms with Crippen LogP contribution in [0.1, 0.15) is 23.6 Å². The van der Waals surface area contributed by atoms with Gasteiger partial charge in [0.25, 0.3) is 0 Å². The molecule has 0 bridgehead atoms. The second-order valence-corrected chi connectivity index (χ2v) is 7.29. The van der Waals surface area contributed by atoms with Crippen molar-refractivity contribution < 1.29 is 14.6 Å². The number of aryl methyl sites for hydroxylation is 1. The molecule has 0 aliphatic heterocycles. The topological polar surface area (TPSA) is 50.7 Å². The summed E-state index contributed by atoms with van der Waals surface area (Å²) in [7, 11) is 0. The molecule has 3 aromatic carbocycles. The van der Waals surface area contributed by atoms with Crippen molar-refractivity contribution in [1.29, 1.82) is 0 Å². The number of nitrogens with one attached hydrogen (secondary N) is 1. The maximum atomic E-state index is 9.40. The van der Waals surface area contributed by atoms with Crippen molar-refractivity contribution in [3.05, 3.63) is 81.8 Å². The van der Waals surface area contributed by atoms with Gasteiger partial charge in [-0.2, -0.15) is 0 Å². The molecule has 0 unspecified atom stereocenters. The van der Waals surface area contributed by atoms with Gasteiger partial charge in [0.1, 0.15) is 12.4 Å². The van der Waals surface area contributed by atoms with Gasteiger partial charge in [-0.1, -0.05) is 40.2 Å². The Morgan fingerprint density at radius 2 is 1.64 bits per heavy atom. The monoisotopic (exact) mass is 441 g/mol. The van der Waals surface area contributed by atoms with E-state index in [1.54, 1.807) is 12.1 Å². The summed E-state index contributed by atoms with van der Waals surface area (Å²) in [4.78, 5) is 0. The Hall–Kier alpha value is -2.66. The van der Waals surface area contributed by atoms with Crippen LogP contribution in [0.15, 0.2) is 65.1 Å². The molecule has 0 spiro atoms. The number of ether oxygens (including phenoxy) is 2. The molecule has 0 amide bonds. The fraction of sp³-hybridized carbons (Fsp3) is 0.217. The Morgan fingerprint density at radius 3 is 2.36 bits per heavy atom. The maximum absolute atomic E-state index is 9.40. The first-order valence-corrected chi connectivity index (χ1v) is 10.0. The normalized spacial score (nSPS) is 10.5. The number of hydrogen-bond donors (Lipinski definition) is 2. The number of rotatable bonds is 8. The summed E-state index contributed by atoms with van der Waals surface area (Å²) in [5.41, 5.74) is 4.34. The van der Waals surface area contributed by atoms with Crippen LogP contribution in [-0.4, -0.2) is 11.7 Å². The molecule has 0 atom stereocenters. The lowest BCUT2D eigenvalue weighted by Crippen LogP contribution is -2.04. The third kappa shape index (κ3) is 5.20. The molecule has 3 aromatic rings. The Balaban J connectivity index is 1.75. The summed E-state index contributed by atoms with van der Waals surface area (Å²) < 4.78 is 12.8. The molecular formula is C23H24BrNO3. The number of aromatic hydroxyl groups is 1. The van der Waals surface area contributed by atoms with Crippen molar-refractivity contribution in [1.82, 2.24) is 0 Å². The molecule has 28 heavy (non-hydrogen) atoms. The van der Waals surface area contributed by atoms with Crippen LogP contribution in [0.5, 0.6) is 17.2 Å². The fourth-order valence-electron chi connectivity index (χ4n) is 2.80. The average Bonchev–Trinajstić information content (AvgIpc) is 2.69. The van der Waals surface area contributed by atoms with E-state index in [4.69, 9.17) is 9.47 Å². The van der Waals surface area contributed by atoms with Crippen molar-refractivity contribution in [2.75, 3.05) is 11.9 Å². The predicted octanol–water partition coefficient (Wildman–Crippen LogP) is 6.05. The van der Waals surface area contributed by atoms with Gasteiger partial charge in [0.05, 0.1) is 6.61 Å². The summed E-state index contributed by atoms with van der Waals surface area (Å²) in [6.07, 6.45) is 0. The van der Waals surface area contributed by atoms with Gasteiger partial charge in [-0.15, -0.1) is 0 Å². The van der Waals surface area contributed by atoms with E-state index in [1.165, 1.54) is 5.56 Å². The van der Waals surface area contributed by atoms with E-state index in [-0.39, 0.29) is 5.75 Å². The van der Waals surface area contributed by atoms with Gasteiger partial charge in [-0.25, -0.2) is 0 Å². The fourth-order valence-corrected chi connectivity index (χ4v) is 3.26. The van der Waals surface area contributed by atoms with Gasteiger partial charge < -0.3 is 19.9 Å². The van der Waals surface area contributed by atoms with Crippen LogP contribution < -0.4 is 14.8 Å². The van der Waals surface area contributed by atoms with Gasteiger partial charge in [-0.3, -0.25) is 0 Å². The molecule has 0 saturated heterocycles. The average molecular weight is 442 g/mol. The van der Waals surface area contributed by atoms with Crippen LogP contribution in [0.2, 0.25) is 0 Å². The quantitative estimate of drug-likeness (QED) is 0.417. The number of phenols is 1. The van der Waals surface area contributed by atoms with Crippen LogP contribution in [0.25, 0.3) is 0 Å². The first kappa shape index (κ1) is 20.1. The van der Waals surface area contributed by atoms with Crippen molar-refractivity contribution in [2.24, 2.45) is 0 Å². The van der Waals surface area contributed by atoms with E-state index < -0.39 is 0 Å². The highest BCUT2D eigenvalue weighted by molar-refractivity contribution is 9.10. The first-order valence-electron chi connectivity index (χ1n) is 9.22. The number of anilines is 1. The molecule has 4 nitrogen and oxygen atoms in total. The Kier molecular flexibility index (Phi) is 6.82. The van der Waals surface area contributed by atoms with Crippen molar-refractivity contribution in [3.63, 3.8) is 0 Å². The summed E-state index contributed by atoms with van der Waals surface area (Å²) in [6.45, 7) is 5.71. The minimum absolute atomic E-state index is 0.250.